The molecule has 4 aliphatic heterocycles. The minimum Gasteiger partial charge on any atom is -0.457 e. The lowest BCUT2D eigenvalue weighted by atomic mass is 9.76. The van der Waals surface area contributed by atoms with Crippen molar-refractivity contribution in [1.29, 1.82) is 0 Å². The third-order valence-electron chi connectivity index (χ3n) is 13.7. The molecular formula is C52H63BrO8. The van der Waals surface area contributed by atoms with Crippen LogP contribution < -0.4 is 37.9 Å². The van der Waals surface area contributed by atoms with Gasteiger partial charge in [-0.3, -0.25) is 0 Å². The molecule has 4 atom stereocenters. The second-order valence-corrected chi connectivity index (χ2v) is 18.4. The minimum atomic E-state index is -0.00206. The zero-order valence-corrected chi connectivity index (χ0v) is 38.2. The molecule has 0 N–H and O–H groups in total. The zero-order valence-electron chi connectivity index (χ0n) is 36.6. The first-order chi connectivity index (χ1) is 30.0. The first-order valence-corrected chi connectivity index (χ1v) is 24.2. The quantitative estimate of drug-likeness (QED) is 0.103. The third-order valence-corrected chi connectivity index (χ3v) is 14.5. The molecule has 5 aliphatic rings. The van der Waals surface area contributed by atoms with Crippen LogP contribution in [0.1, 0.15) is 199 Å². The molecule has 4 unspecified atom stereocenters. The first-order valence-electron chi connectivity index (χ1n) is 23.4. The summed E-state index contributed by atoms with van der Waals surface area (Å²) in [6, 6.07) is 16.1. The summed E-state index contributed by atoms with van der Waals surface area (Å²) in [5.74, 6) is 6.44. The van der Waals surface area contributed by atoms with Crippen molar-refractivity contribution in [3.05, 3.63) is 91.4 Å². The number of unbranched alkanes of at least 4 members (excludes halogenated alkanes) is 8. The van der Waals surface area contributed by atoms with Gasteiger partial charge in [0, 0.05) is 86.4 Å². The molecule has 4 aromatic carbocycles. The highest BCUT2D eigenvalue weighted by Crippen LogP contribution is 2.57. The van der Waals surface area contributed by atoms with Gasteiger partial charge in [-0.1, -0.05) is 105 Å². The van der Waals surface area contributed by atoms with Gasteiger partial charge in [0.1, 0.15) is 50.5 Å². The summed E-state index contributed by atoms with van der Waals surface area (Å²) in [7, 11) is 0. The van der Waals surface area contributed by atoms with Crippen molar-refractivity contribution >= 4 is 15.9 Å². The Labute approximate surface area is 371 Å². The second kappa shape index (κ2) is 19.0. The molecule has 0 saturated heterocycles. The Bertz CT molecular complexity index is 2050. The van der Waals surface area contributed by atoms with Gasteiger partial charge in [0.15, 0.2) is 0 Å². The van der Waals surface area contributed by atoms with Gasteiger partial charge >= 0.3 is 0 Å². The van der Waals surface area contributed by atoms with Crippen LogP contribution in [0.25, 0.3) is 0 Å². The van der Waals surface area contributed by atoms with Crippen LogP contribution >= 0.6 is 15.9 Å². The molecule has 0 amide bonds. The second-order valence-electron chi connectivity index (χ2n) is 17.6. The van der Waals surface area contributed by atoms with Crippen LogP contribution in [-0.2, 0) is 0 Å². The van der Waals surface area contributed by atoms with Crippen LogP contribution in [0.5, 0.6) is 46.0 Å². The predicted octanol–water partition coefficient (Wildman–Crippen LogP) is 14.5. The smallest absolute Gasteiger partial charge is 0.230 e. The molecule has 9 heteroatoms. The van der Waals surface area contributed by atoms with E-state index in [1.54, 1.807) is 0 Å². The maximum Gasteiger partial charge on any atom is 0.230 e. The fourth-order valence-corrected chi connectivity index (χ4v) is 11.2. The molecule has 8 nitrogen and oxygen atoms in total. The van der Waals surface area contributed by atoms with E-state index in [0.29, 0.717) is 0 Å². The highest BCUT2D eigenvalue weighted by Gasteiger charge is 2.38. The standard InChI is InChI=1S/C52H63BrO8/c1-5-9-13-17-32-36-21-37-33(18-14-10-6-2)39-23-41-35(20-16-12-8-4)43-24-42-34(19-15-11-7-3)40-22-38(32)46-26-48(40)58-30-60-51(42)50(53)52(43)61-31-59-49(41)27-47(39)57-29-55-45(37)25-44(36)54-28-56-46/h21-27,32-35H,5-20,28-31H2,1-4H3. The number of halogens is 1. The van der Waals surface area contributed by atoms with Crippen molar-refractivity contribution in [3.63, 3.8) is 0 Å². The van der Waals surface area contributed by atoms with E-state index in [4.69, 9.17) is 37.9 Å². The summed E-state index contributed by atoms with van der Waals surface area (Å²) in [5.41, 5.74) is 9.45. The van der Waals surface area contributed by atoms with E-state index < -0.39 is 0 Å². The normalized spacial score (nSPS) is 20.1. The van der Waals surface area contributed by atoms with Gasteiger partial charge < -0.3 is 37.9 Å². The van der Waals surface area contributed by atoms with Crippen molar-refractivity contribution in [1.82, 2.24) is 0 Å². The molecule has 0 aromatic heterocycles. The van der Waals surface area contributed by atoms with E-state index in [1.165, 1.54) is 44.5 Å². The molecule has 1 aliphatic carbocycles. The number of ether oxygens (including phenoxy) is 8. The van der Waals surface area contributed by atoms with Crippen molar-refractivity contribution < 1.29 is 37.9 Å². The lowest BCUT2D eigenvalue weighted by Crippen LogP contribution is -2.22. The minimum absolute atomic E-state index is 0.00206. The summed E-state index contributed by atoms with van der Waals surface area (Å²) < 4.78 is 53.8. The summed E-state index contributed by atoms with van der Waals surface area (Å²) in [4.78, 5) is 0. The van der Waals surface area contributed by atoms with Gasteiger partial charge in [-0.25, -0.2) is 0 Å². The van der Waals surface area contributed by atoms with Gasteiger partial charge in [-0.15, -0.1) is 0 Å². The highest BCUT2D eigenvalue weighted by atomic mass is 79.9. The number of rotatable bonds is 16. The average Bonchev–Trinajstić information content (AvgIpc) is 3.24. The molecule has 0 fully saturated rings. The monoisotopic (exact) mass is 894 g/mol. The van der Waals surface area contributed by atoms with E-state index in [0.717, 1.165) is 153 Å². The molecule has 8 bridgehead atoms. The summed E-state index contributed by atoms with van der Waals surface area (Å²) in [6.45, 7) is 9.35. The van der Waals surface area contributed by atoms with Crippen LogP contribution in [-0.4, -0.2) is 27.2 Å². The highest BCUT2D eigenvalue weighted by molar-refractivity contribution is 9.10. The van der Waals surface area contributed by atoms with E-state index in [9.17, 15) is 0 Å². The fourth-order valence-electron chi connectivity index (χ4n) is 10.6. The van der Waals surface area contributed by atoms with E-state index in [2.05, 4.69) is 86.1 Å². The van der Waals surface area contributed by atoms with Crippen molar-refractivity contribution in [3.8, 4) is 46.0 Å². The molecule has 61 heavy (non-hydrogen) atoms. The summed E-state index contributed by atoms with van der Waals surface area (Å²) in [5, 5.41) is 0. The lowest BCUT2D eigenvalue weighted by Gasteiger charge is -2.35. The molecule has 4 heterocycles. The van der Waals surface area contributed by atoms with Crippen LogP contribution in [0.3, 0.4) is 0 Å². The molecule has 4 aromatic rings. The molecule has 0 saturated carbocycles. The molecule has 0 spiro atoms. The van der Waals surface area contributed by atoms with Gasteiger partial charge in [0.05, 0.1) is 0 Å². The van der Waals surface area contributed by atoms with Crippen molar-refractivity contribution in [2.75, 3.05) is 27.2 Å². The fraction of sp³-hybridized carbons (Fsp3) is 0.538. The Morgan fingerprint density at radius 3 is 0.869 bits per heavy atom. The molecule has 0 radical (unpaired) electrons. The molecule has 326 valence electrons. The first kappa shape index (κ1) is 42.1. The van der Waals surface area contributed by atoms with Gasteiger partial charge in [-0.2, -0.15) is 0 Å². The Morgan fingerprint density at radius 2 is 0.590 bits per heavy atom. The lowest BCUT2D eigenvalue weighted by molar-refractivity contribution is 0.0977. The van der Waals surface area contributed by atoms with Crippen molar-refractivity contribution in [2.45, 2.75) is 154 Å². The topological polar surface area (TPSA) is 73.8 Å². The third kappa shape index (κ3) is 8.25. The maximum atomic E-state index is 6.67. The van der Waals surface area contributed by atoms with Crippen LogP contribution in [0.2, 0.25) is 0 Å². The van der Waals surface area contributed by atoms with Crippen molar-refractivity contribution in [2.24, 2.45) is 0 Å². The zero-order chi connectivity index (χ0) is 41.9. The van der Waals surface area contributed by atoms with E-state index in [1.807, 2.05) is 0 Å². The van der Waals surface area contributed by atoms with Crippen LogP contribution in [0.15, 0.2) is 46.9 Å². The number of hydrogen-bond acceptors (Lipinski definition) is 8. The molecular weight excluding hydrogens is 832 g/mol. The number of benzene rings is 4. The summed E-state index contributed by atoms with van der Waals surface area (Å²) >= 11 is 4.10. The Balaban J connectivity index is 1.39. The van der Waals surface area contributed by atoms with Crippen LogP contribution in [0.4, 0.5) is 0 Å². The van der Waals surface area contributed by atoms with Gasteiger partial charge in [0.25, 0.3) is 0 Å². The Kier molecular flexibility index (Phi) is 13.1. The predicted molar refractivity (Wildman–Crippen MR) is 242 cm³/mol. The maximum absolute atomic E-state index is 6.67. The Morgan fingerprint density at radius 1 is 0.344 bits per heavy atom. The average molecular weight is 896 g/mol. The van der Waals surface area contributed by atoms with Crippen LogP contribution in [0, 0.1) is 0 Å². The number of hydrogen-bond donors (Lipinski definition) is 0. The van der Waals surface area contributed by atoms with E-state index in [-0.39, 0.29) is 50.8 Å². The Hall–Kier alpha value is -4.24. The van der Waals surface area contributed by atoms with Gasteiger partial charge in [-0.05, 0) is 65.9 Å². The van der Waals surface area contributed by atoms with E-state index >= 15 is 0 Å². The molecule has 9 rings (SSSR count). The largest absolute Gasteiger partial charge is 0.457 e. The van der Waals surface area contributed by atoms with Gasteiger partial charge in [0.2, 0.25) is 27.2 Å². The summed E-state index contributed by atoms with van der Waals surface area (Å²) in [6.07, 6.45) is 17.2. The SMILES string of the molecule is CCCCCC1c2cc3c4cc2OCOc2cc5c(cc21)C(CCCCC)c1cc2c(c(Br)c1OCO5)OCOc1cc(c(cc1C2CCCCC)C3CCCCC)OCO4.